The normalized spacial score (nSPS) is 22.2. The molecule has 2 aromatic carbocycles. The van der Waals surface area contributed by atoms with Crippen molar-refractivity contribution in [2.75, 3.05) is 11.4 Å². The molecule has 24 heavy (non-hydrogen) atoms. The van der Waals surface area contributed by atoms with Gasteiger partial charge in [0.25, 0.3) is 0 Å². The molecular formula is C20H20N2O2. The fourth-order valence-electron chi connectivity index (χ4n) is 3.49. The van der Waals surface area contributed by atoms with E-state index >= 15 is 0 Å². The molecule has 0 amide bonds. The molecule has 0 spiro atoms. The van der Waals surface area contributed by atoms with E-state index in [-0.39, 0.29) is 5.78 Å². The van der Waals surface area contributed by atoms with E-state index in [4.69, 9.17) is 0 Å². The van der Waals surface area contributed by atoms with Crippen LogP contribution in [0.1, 0.15) is 33.5 Å². The summed E-state index contributed by atoms with van der Waals surface area (Å²) < 4.78 is 0. The van der Waals surface area contributed by atoms with Gasteiger partial charge in [-0.15, -0.1) is 0 Å². The van der Waals surface area contributed by atoms with Gasteiger partial charge in [0.15, 0.2) is 5.60 Å². The number of aryl methyl sites for hydroxylation is 3. The number of anilines is 1. The lowest BCUT2D eigenvalue weighted by Crippen LogP contribution is -2.48. The van der Waals surface area contributed by atoms with Gasteiger partial charge in [-0.3, -0.25) is 4.79 Å². The first-order valence-electron chi connectivity index (χ1n) is 8.22. The molecule has 1 N–H and O–H groups in total. The summed E-state index contributed by atoms with van der Waals surface area (Å²) in [5.41, 5.74) is 4.01. The van der Waals surface area contributed by atoms with Crippen molar-refractivity contribution in [3.63, 3.8) is 0 Å². The molecule has 2 aromatic rings. The van der Waals surface area contributed by atoms with Crippen LogP contribution in [-0.4, -0.2) is 28.9 Å². The summed E-state index contributed by atoms with van der Waals surface area (Å²) in [4.78, 5) is 19.5. The van der Waals surface area contributed by atoms with Crippen molar-refractivity contribution < 1.29 is 9.90 Å². The molecule has 4 heteroatoms. The highest BCUT2D eigenvalue weighted by Gasteiger charge is 2.52. The first-order valence-corrected chi connectivity index (χ1v) is 8.22. The zero-order valence-electron chi connectivity index (χ0n) is 14.1. The van der Waals surface area contributed by atoms with Crippen molar-refractivity contribution in [3.05, 3.63) is 58.7 Å². The number of nitrogens with zero attached hydrogens (tertiary/aromatic N) is 2. The van der Waals surface area contributed by atoms with E-state index in [2.05, 4.69) is 31.0 Å². The number of benzene rings is 2. The van der Waals surface area contributed by atoms with Crippen molar-refractivity contribution in [2.24, 2.45) is 4.99 Å². The van der Waals surface area contributed by atoms with Crippen LogP contribution in [-0.2, 0) is 0 Å². The minimum Gasteiger partial charge on any atom is -0.374 e. The Labute approximate surface area is 141 Å². The van der Waals surface area contributed by atoms with Crippen LogP contribution in [0.4, 0.5) is 11.4 Å². The van der Waals surface area contributed by atoms with Crippen molar-refractivity contribution in [1.29, 1.82) is 0 Å². The maximum absolute atomic E-state index is 12.9. The molecule has 1 saturated heterocycles. The van der Waals surface area contributed by atoms with E-state index in [1.165, 1.54) is 11.1 Å². The number of carbonyl (C=O) groups excluding carboxylic acids is 1. The Balaban J connectivity index is 1.86. The molecule has 1 unspecified atom stereocenters. The lowest BCUT2D eigenvalue weighted by atomic mass is 9.87. The van der Waals surface area contributed by atoms with Crippen LogP contribution in [0.2, 0.25) is 0 Å². The highest BCUT2D eigenvalue weighted by atomic mass is 16.3. The van der Waals surface area contributed by atoms with Crippen LogP contribution in [0, 0.1) is 20.8 Å². The summed E-state index contributed by atoms with van der Waals surface area (Å²) in [7, 11) is 0. The van der Waals surface area contributed by atoms with Gasteiger partial charge >= 0.3 is 0 Å². The number of fused-ring (bicyclic) bond motifs is 2. The summed E-state index contributed by atoms with van der Waals surface area (Å²) in [6, 6.07) is 11.8. The number of aliphatic hydroxyl groups is 1. The number of aliphatic imine (C=N–C) groups is 1. The Morgan fingerprint density at radius 3 is 2.62 bits per heavy atom. The molecule has 2 aliphatic rings. The van der Waals surface area contributed by atoms with Gasteiger partial charge in [-0.25, -0.2) is 4.99 Å². The number of hydrogen-bond acceptors (Lipinski definition) is 4. The topological polar surface area (TPSA) is 52.9 Å². The van der Waals surface area contributed by atoms with Crippen LogP contribution >= 0.6 is 0 Å². The number of hydrogen-bond donors (Lipinski definition) is 1. The fourth-order valence-corrected chi connectivity index (χ4v) is 3.49. The Hall–Kier alpha value is -2.46. The van der Waals surface area contributed by atoms with E-state index in [9.17, 15) is 9.90 Å². The number of Topliss-reactive ketones (excluding diaryl/α,β-unsaturated/α-hetero) is 1. The predicted octanol–water partition coefficient (Wildman–Crippen LogP) is 3.48. The zero-order valence-corrected chi connectivity index (χ0v) is 14.1. The van der Waals surface area contributed by atoms with Gasteiger partial charge in [-0.1, -0.05) is 17.7 Å². The quantitative estimate of drug-likeness (QED) is 0.875. The molecule has 4 nitrogen and oxygen atoms in total. The highest BCUT2D eigenvalue weighted by Crippen LogP contribution is 2.39. The summed E-state index contributed by atoms with van der Waals surface area (Å²) in [5, 5.41) is 11.1. The average molecular weight is 320 g/mol. The second-order valence-electron chi connectivity index (χ2n) is 6.82. The van der Waals surface area contributed by atoms with Crippen LogP contribution in [0.15, 0.2) is 41.4 Å². The summed E-state index contributed by atoms with van der Waals surface area (Å²) in [6.07, 6.45) is 0.366. The predicted molar refractivity (Wildman–Crippen MR) is 95.4 cm³/mol. The monoisotopic (exact) mass is 320 g/mol. The summed E-state index contributed by atoms with van der Waals surface area (Å²) >= 11 is 0. The Kier molecular flexibility index (Phi) is 3.15. The van der Waals surface area contributed by atoms with Crippen molar-refractivity contribution in [2.45, 2.75) is 32.8 Å². The molecule has 1 atom stereocenters. The minimum absolute atomic E-state index is 0.238. The minimum atomic E-state index is -1.51. The first-order chi connectivity index (χ1) is 11.4. The first kappa shape index (κ1) is 15.1. The second-order valence-corrected chi connectivity index (χ2v) is 6.82. The third-order valence-electron chi connectivity index (χ3n) is 5.12. The van der Waals surface area contributed by atoms with E-state index in [1.807, 2.05) is 36.1 Å². The van der Waals surface area contributed by atoms with Gasteiger partial charge in [0.05, 0.1) is 5.69 Å². The second kappa shape index (κ2) is 5.02. The molecule has 4 rings (SSSR count). The number of carbonyl (C=O) groups is 1. The standard InChI is InChI=1S/C20H20N2O2/c1-12-4-7-17-16(10-12)18(23)20(24)8-9-22(19(20)21-17)15-6-5-13(2)14(3)11-15/h4-7,10-11,24H,8-9H2,1-3H3. The third-order valence-corrected chi connectivity index (χ3v) is 5.12. The van der Waals surface area contributed by atoms with Crippen LogP contribution in [0.3, 0.4) is 0 Å². The molecule has 0 bridgehead atoms. The van der Waals surface area contributed by atoms with Gasteiger partial charge in [-0.05, 0) is 56.2 Å². The van der Waals surface area contributed by atoms with Crippen molar-refractivity contribution in [1.82, 2.24) is 0 Å². The zero-order chi connectivity index (χ0) is 17.1. The molecule has 0 aliphatic carbocycles. The average Bonchev–Trinajstić information content (AvgIpc) is 2.89. The maximum atomic E-state index is 12.9. The lowest BCUT2D eigenvalue weighted by Gasteiger charge is -2.30. The SMILES string of the molecule is Cc1ccc2c(c1)C(=O)C1(O)CCN(c3ccc(C)c(C)c3)C1=N2. The van der Waals surface area contributed by atoms with Gasteiger partial charge in [-0.2, -0.15) is 0 Å². The van der Waals surface area contributed by atoms with Crippen LogP contribution in [0.5, 0.6) is 0 Å². The summed E-state index contributed by atoms with van der Waals surface area (Å²) in [6.45, 7) is 6.65. The van der Waals surface area contributed by atoms with E-state index in [0.717, 1.165) is 11.3 Å². The summed E-state index contributed by atoms with van der Waals surface area (Å²) in [5.74, 6) is 0.213. The highest BCUT2D eigenvalue weighted by molar-refractivity contribution is 6.28. The van der Waals surface area contributed by atoms with Crippen LogP contribution < -0.4 is 4.90 Å². The van der Waals surface area contributed by atoms with E-state index in [1.54, 1.807) is 0 Å². The van der Waals surface area contributed by atoms with E-state index in [0.29, 0.717) is 30.1 Å². The van der Waals surface area contributed by atoms with Gasteiger partial charge < -0.3 is 10.0 Å². The van der Waals surface area contributed by atoms with Crippen LogP contribution in [0.25, 0.3) is 0 Å². The van der Waals surface area contributed by atoms with Gasteiger partial charge in [0.1, 0.15) is 5.84 Å². The molecule has 1 fully saturated rings. The fraction of sp³-hybridized carbons (Fsp3) is 0.300. The Morgan fingerprint density at radius 2 is 1.88 bits per heavy atom. The Morgan fingerprint density at radius 1 is 1.08 bits per heavy atom. The molecule has 0 aromatic heterocycles. The van der Waals surface area contributed by atoms with Gasteiger partial charge in [0, 0.05) is 24.2 Å². The van der Waals surface area contributed by atoms with Crippen molar-refractivity contribution in [3.8, 4) is 0 Å². The molecular weight excluding hydrogens is 300 g/mol. The smallest absolute Gasteiger partial charge is 0.204 e. The molecule has 122 valence electrons. The lowest BCUT2D eigenvalue weighted by molar-refractivity contribution is 0.0602. The maximum Gasteiger partial charge on any atom is 0.204 e. The molecule has 2 heterocycles. The third kappa shape index (κ3) is 2.03. The largest absolute Gasteiger partial charge is 0.374 e. The number of amidine groups is 1. The van der Waals surface area contributed by atoms with Crippen molar-refractivity contribution >= 4 is 23.0 Å². The number of ketones is 1. The molecule has 2 aliphatic heterocycles. The number of rotatable bonds is 1. The molecule has 0 saturated carbocycles. The molecule has 0 radical (unpaired) electrons. The van der Waals surface area contributed by atoms with E-state index < -0.39 is 5.60 Å². The Bertz CT molecular complexity index is 901. The van der Waals surface area contributed by atoms with Gasteiger partial charge in [0.2, 0.25) is 5.78 Å².